The van der Waals surface area contributed by atoms with E-state index in [1.807, 2.05) is 44.2 Å². The molecule has 2 aromatic carbocycles. The predicted molar refractivity (Wildman–Crippen MR) is 137 cm³/mol. The second-order valence-electron chi connectivity index (χ2n) is 10.0. The van der Waals surface area contributed by atoms with Gasteiger partial charge in [-0.05, 0) is 36.5 Å². The van der Waals surface area contributed by atoms with Gasteiger partial charge in [0.25, 0.3) is 0 Å². The summed E-state index contributed by atoms with van der Waals surface area (Å²) in [6, 6.07) is 16.8. The number of aliphatic hydroxyl groups excluding tert-OH is 1. The number of nitrogens with one attached hydrogen (secondary N) is 1. The smallest absolute Gasteiger partial charge is 0.407 e. The molecule has 4 rings (SSSR count). The molecule has 2 aliphatic rings. The van der Waals surface area contributed by atoms with Crippen molar-refractivity contribution < 1.29 is 32.5 Å². The monoisotopic (exact) mass is 532 g/mol. The van der Waals surface area contributed by atoms with E-state index < -0.39 is 34.4 Å². The first-order chi connectivity index (χ1) is 17.7. The fourth-order valence-electron chi connectivity index (χ4n) is 4.78. The molecule has 5 atom stereocenters. The van der Waals surface area contributed by atoms with E-state index in [-0.39, 0.29) is 42.7 Å². The molecule has 2 heterocycles. The Balaban J connectivity index is 1.50. The number of carbonyl (C=O) groups excluding carboxylic acids is 1. The minimum absolute atomic E-state index is 0.0132. The zero-order valence-corrected chi connectivity index (χ0v) is 22.0. The minimum atomic E-state index is -3.86. The van der Waals surface area contributed by atoms with Gasteiger partial charge >= 0.3 is 6.09 Å². The maximum Gasteiger partial charge on any atom is 0.407 e. The fourth-order valence-corrected chi connectivity index (χ4v) is 6.42. The number of rotatable bonds is 11. The van der Waals surface area contributed by atoms with Gasteiger partial charge in [0, 0.05) is 13.1 Å². The summed E-state index contributed by atoms with van der Waals surface area (Å²) in [5, 5.41) is 14.1. The van der Waals surface area contributed by atoms with E-state index in [9.17, 15) is 18.3 Å². The molecule has 2 fully saturated rings. The summed E-state index contributed by atoms with van der Waals surface area (Å²) in [4.78, 5) is 13.1. The van der Waals surface area contributed by atoms with Gasteiger partial charge in [-0.25, -0.2) is 13.2 Å². The molecule has 2 saturated heterocycles. The lowest BCUT2D eigenvalue weighted by Gasteiger charge is -2.31. The Morgan fingerprint density at radius 3 is 2.43 bits per heavy atom. The van der Waals surface area contributed by atoms with Crippen LogP contribution in [0.25, 0.3) is 0 Å². The summed E-state index contributed by atoms with van der Waals surface area (Å²) in [5.74, 6) is 0.0147. The lowest BCUT2D eigenvalue weighted by atomic mass is 10.0. The number of fused-ring (bicyclic) bond motifs is 1. The van der Waals surface area contributed by atoms with Crippen molar-refractivity contribution in [2.75, 3.05) is 26.3 Å². The van der Waals surface area contributed by atoms with Gasteiger partial charge in [0.05, 0.1) is 36.2 Å². The molecule has 2 aromatic rings. The SMILES string of the molecule is CC(C)CN(C[C@@H](O)[C@H](Cc1ccccc1)NC(=O)OC1COC2OCCC12)S(=O)(=O)c1ccccc1. The van der Waals surface area contributed by atoms with E-state index in [0.717, 1.165) is 12.0 Å². The second kappa shape index (κ2) is 12.4. The van der Waals surface area contributed by atoms with E-state index in [4.69, 9.17) is 14.2 Å². The van der Waals surface area contributed by atoms with Crippen molar-refractivity contribution in [3.8, 4) is 0 Å². The minimum Gasteiger partial charge on any atom is -0.443 e. The molecule has 0 aromatic heterocycles. The van der Waals surface area contributed by atoms with E-state index in [1.165, 1.54) is 16.4 Å². The van der Waals surface area contributed by atoms with Crippen molar-refractivity contribution in [1.29, 1.82) is 0 Å². The van der Waals surface area contributed by atoms with E-state index >= 15 is 0 Å². The van der Waals surface area contributed by atoms with Crippen LogP contribution in [0.5, 0.6) is 0 Å². The summed E-state index contributed by atoms with van der Waals surface area (Å²) in [6.45, 7) is 4.69. The maximum atomic E-state index is 13.4. The van der Waals surface area contributed by atoms with Crippen molar-refractivity contribution in [2.45, 2.75) is 56.1 Å². The van der Waals surface area contributed by atoms with Crippen LogP contribution >= 0.6 is 0 Å². The van der Waals surface area contributed by atoms with Gasteiger partial charge in [-0.1, -0.05) is 62.4 Å². The van der Waals surface area contributed by atoms with Crippen molar-refractivity contribution >= 4 is 16.1 Å². The molecular weight excluding hydrogens is 496 g/mol. The van der Waals surface area contributed by atoms with E-state index in [0.29, 0.717) is 13.0 Å². The highest BCUT2D eigenvalue weighted by Crippen LogP contribution is 2.33. The number of benzene rings is 2. The molecule has 2 aliphatic heterocycles. The van der Waals surface area contributed by atoms with Crippen LogP contribution in [0.2, 0.25) is 0 Å². The number of aliphatic hydroxyl groups is 1. The highest BCUT2D eigenvalue weighted by Gasteiger charge is 2.44. The molecule has 0 radical (unpaired) electrons. The van der Waals surface area contributed by atoms with Gasteiger partial charge in [-0.3, -0.25) is 0 Å². The third kappa shape index (κ3) is 7.08. The van der Waals surface area contributed by atoms with Crippen molar-refractivity contribution in [3.05, 3.63) is 66.2 Å². The lowest BCUT2D eigenvalue weighted by Crippen LogP contribution is -2.51. The van der Waals surface area contributed by atoms with Gasteiger partial charge in [-0.2, -0.15) is 4.31 Å². The number of sulfonamides is 1. The number of hydrogen-bond acceptors (Lipinski definition) is 7. The van der Waals surface area contributed by atoms with Crippen LogP contribution in [-0.4, -0.2) is 74.8 Å². The molecule has 0 spiro atoms. The predicted octanol–water partition coefficient (Wildman–Crippen LogP) is 2.79. The largest absolute Gasteiger partial charge is 0.443 e. The Labute approximate surface area is 218 Å². The summed E-state index contributed by atoms with van der Waals surface area (Å²) < 4.78 is 44.8. The number of carbonyl (C=O) groups is 1. The lowest BCUT2D eigenvalue weighted by molar-refractivity contribution is -0.0907. The molecule has 0 bridgehead atoms. The number of nitrogens with zero attached hydrogens (tertiary/aromatic N) is 1. The second-order valence-corrected chi connectivity index (χ2v) is 11.9. The first kappa shape index (κ1) is 27.5. The van der Waals surface area contributed by atoms with Gasteiger partial charge in [0.15, 0.2) is 6.29 Å². The van der Waals surface area contributed by atoms with Crippen molar-refractivity contribution in [1.82, 2.24) is 9.62 Å². The van der Waals surface area contributed by atoms with E-state index in [2.05, 4.69) is 5.32 Å². The molecule has 37 heavy (non-hydrogen) atoms. The molecule has 1 amide bonds. The highest BCUT2D eigenvalue weighted by atomic mass is 32.2. The van der Waals surface area contributed by atoms with Gasteiger partial charge in [-0.15, -0.1) is 0 Å². The quantitative estimate of drug-likeness (QED) is 0.457. The maximum absolute atomic E-state index is 13.4. The standard InChI is InChI=1S/C27H36N2O7S/c1-19(2)16-29(37(32,33)21-11-7-4-8-12-21)17-24(30)23(15-20-9-5-3-6-10-20)28-27(31)36-25-18-35-26-22(25)13-14-34-26/h3-12,19,22-26,30H,13-18H2,1-2H3,(H,28,31)/t22?,23-,24+,25?,26?/m0/s1. The molecule has 3 unspecified atom stereocenters. The summed E-state index contributed by atoms with van der Waals surface area (Å²) in [5.41, 5.74) is 0.890. The Hall–Kier alpha value is -2.50. The molecule has 10 heteroatoms. The van der Waals surface area contributed by atoms with Crippen LogP contribution in [-0.2, 0) is 30.7 Å². The topological polar surface area (TPSA) is 114 Å². The highest BCUT2D eigenvalue weighted by molar-refractivity contribution is 7.89. The average Bonchev–Trinajstić information content (AvgIpc) is 3.49. The fraction of sp³-hybridized carbons (Fsp3) is 0.519. The zero-order chi connectivity index (χ0) is 26.4. The van der Waals surface area contributed by atoms with Crippen LogP contribution in [0.3, 0.4) is 0 Å². The number of ether oxygens (including phenoxy) is 3. The van der Waals surface area contributed by atoms with Crippen LogP contribution in [0.1, 0.15) is 25.8 Å². The average molecular weight is 533 g/mol. The third-order valence-corrected chi connectivity index (χ3v) is 8.50. The number of alkyl carbamates (subject to hydrolysis) is 1. The Morgan fingerprint density at radius 2 is 1.76 bits per heavy atom. The molecule has 2 N–H and O–H groups in total. The first-order valence-corrected chi connectivity index (χ1v) is 14.2. The van der Waals surface area contributed by atoms with Crippen molar-refractivity contribution in [2.24, 2.45) is 11.8 Å². The van der Waals surface area contributed by atoms with Crippen molar-refractivity contribution in [3.63, 3.8) is 0 Å². The van der Waals surface area contributed by atoms with Crippen LogP contribution in [0, 0.1) is 11.8 Å². The van der Waals surface area contributed by atoms with Crippen LogP contribution < -0.4 is 5.32 Å². The summed E-state index contributed by atoms with van der Waals surface area (Å²) >= 11 is 0. The van der Waals surface area contributed by atoms with Gasteiger partial charge in [0.2, 0.25) is 10.0 Å². The van der Waals surface area contributed by atoms with Crippen LogP contribution in [0.4, 0.5) is 4.79 Å². The number of amides is 1. The Bertz CT molecular complexity index is 1110. The van der Waals surface area contributed by atoms with E-state index in [1.54, 1.807) is 18.2 Å². The molecule has 202 valence electrons. The van der Waals surface area contributed by atoms with Gasteiger partial charge < -0.3 is 24.6 Å². The summed E-state index contributed by atoms with van der Waals surface area (Å²) in [6.07, 6.45) is -1.60. The molecule has 0 saturated carbocycles. The number of hydrogen-bond donors (Lipinski definition) is 2. The first-order valence-electron chi connectivity index (χ1n) is 12.7. The van der Waals surface area contributed by atoms with Crippen LogP contribution in [0.15, 0.2) is 65.6 Å². The zero-order valence-electron chi connectivity index (χ0n) is 21.2. The molecule has 0 aliphatic carbocycles. The summed E-state index contributed by atoms with van der Waals surface area (Å²) in [7, 11) is -3.86. The third-order valence-electron chi connectivity index (χ3n) is 6.65. The van der Waals surface area contributed by atoms with Gasteiger partial charge in [0.1, 0.15) is 6.10 Å². The Morgan fingerprint density at radius 1 is 1.08 bits per heavy atom. The Kier molecular flexibility index (Phi) is 9.20. The molecule has 9 nitrogen and oxygen atoms in total. The normalized spacial score (nSPS) is 23.1. The molecular formula is C27H36N2O7S.